The first-order valence-corrected chi connectivity index (χ1v) is 8.12. The number of nitrogens with zero attached hydrogens (tertiary/aromatic N) is 1. The molecule has 0 unspecified atom stereocenters. The summed E-state index contributed by atoms with van der Waals surface area (Å²) in [6.07, 6.45) is 0. The molecule has 1 amide bonds. The lowest BCUT2D eigenvalue weighted by Crippen LogP contribution is -2.26. The van der Waals surface area contributed by atoms with Crippen LogP contribution >= 0.6 is 11.6 Å². The number of benzene rings is 2. The van der Waals surface area contributed by atoms with Crippen LogP contribution in [0.5, 0.6) is 5.75 Å². The second kappa shape index (κ2) is 7.40. The molecule has 0 aliphatic heterocycles. The topological polar surface area (TPSA) is 64.4 Å². The standard InChI is InChI=1S/C19H17ClN2O3/c1-12(14-4-3-5-16(10-14)24-2)21-19(23)17-11-18(25-22-17)13-6-8-15(20)9-7-13/h3-12H,1-2H3,(H,21,23)/t12-/m1/s1. The molecular weight excluding hydrogens is 340 g/mol. The number of ether oxygens (including phenoxy) is 1. The minimum Gasteiger partial charge on any atom is -0.497 e. The molecule has 0 saturated carbocycles. The van der Waals surface area contributed by atoms with Crippen molar-refractivity contribution < 1.29 is 14.1 Å². The maximum atomic E-state index is 12.4. The van der Waals surface area contributed by atoms with Crippen molar-refractivity contribution in [3.8, 4) is 17.1 Å². The predicted octanol–water partition coefficient (Wildman–Crippen LogP) is 4.49. The molecular formula is C19H17ClN2O3. The summed E-state index contributed by atoms with van der Waals surface area (Å²) >= 11 is 5.87. The highest BCUT2D eigenvalue weighted by Crippen LogP contribution is 2.23. The molecule has 1 aromatic heterocycles. The zero-order chi connectivity index (χ0) is 17.8. The fourth-order valence-electron chi connectivity index (χ4n) is 2.40. The smallest absolute Gasteiger partial charge is 0.273 e. The van der Waals surface area contributed by atoms with Crippen LogP contribution in [0.25, 0.3) is 11.3 Å². The Morgan fingerprint density at radius 1 is 1.20 bits per heavy atom. The number of methoxy groups -OCH3 is 1. The largest absolute Gasteiger partial charge is 0.497 e. The lowest BCUT2D eigenvalue weighted by Gasteiger charge is -2.14. The van der Waals surface area contributed by atoms with E-state index in [-0.39, 0.29) is 17.6 Å². The van der Waals surface area contributed by atoms with E-state index in [1.807, 2.05) is 43.3 Å². The molecule has 6 heteroatoms. The van der Waals surface area contributed by atoms with E-state index < -0.39 is 0 Å². The number of amides is 1. The van der Waals surface area contributed by atoms with Gasteiger partial charge >= 0.3 is 0 Å². The van der Waals surface area contributed by atoms with Crippen molar-refractivity contribution in [3.05, 3.63) is 70.9 Å². The third-order valence-corrected chi connectivity index (χ3v) is 4.06. The molecule has 25 heavy (non-hydrogen) atoms. The van der Waals surface area contributed by atoms with Crippen LogP contribution in [0.3, 0.4) is 0 Å². The average molecular weight is 357 g/mol. The summed E-state index contributed by atoms with van der Waals surface area (Å²) in [5.74, 6) is 0.945. The quantitative estimate of drug-likeness (QED) is 0.731. The summed E-state index contributed by atoms with van der Waals surface area (Å²) in [5, 5.41) is 7.38. The Kier molecular flexibility index (Phi) is 5.05. The van der Waals surface area contributed by atoms with Gasteiger partial charge in [-0.15, -0.1) is 0 Å². The second-order valence-corrected chi connectivity index (χ2v) is 5.99. The molecule has 0 radical (unpaired) electrons. The molecule has 0 spiro atoms. The van der Waals surface area contributed by atoms with E-state index in [9.17, 15) is 4.79 Å². The Morgan fingerprint density at radius 2 is 1.96 bits per heavy atom. The van der Waals surface area contributed by atoms with E-state index in [1.165, 1.54) is 0 Å². The van der Waals surface area contributed by atoms with Crippen molar-refractivity contribution in [2.24, 2.45) is 0 Å². The Balaban J connectivity index is 1.72. The van der Waals surface area contributed by atoms with Crippen molar-refractivity contribution in [2.75, 3.05) is 7.11 Å². The van der Waals surface area contributed by atoms with E-state index in [0.717, 1.165) is 16.9 Å². The summed E-state index contributed by atoms with van der Waals surface area (Å²) in [4.78, 5) is 12.4. The van der Waals surface area contributed by atoms with E-state index in [0.29, 0.717) is 10.8 Å². The van der Waals surface area contributed by atoms with E-state index in [1.54, 1.807) is 25.3 Å². The zero-order valence-corrected chi connectivity index (χ0v) is 14.6. The van der Waals surface area contributed by atoms with Crippen LogP contribution in [-0.4, -0.2) is 18.2 Å². The minimum absolute atomic E-state index is 0.196. The Labute approximate surface area is 150 Å². The fraction of sp³-hybridized carbons (Fsp3) is 0.158. The molecule has 0 aliphatic rings. The van der Waals surface area contributed by atoms with Gasteiger partial charge in [-0.05, 0) is 48.9 Å². The molecule has 1 heterocycles. The van der Waals surface area contributed by atoms with Crippen LogP contribution in [0.1, 0.15) is 29.0 Å². The number of hydrogen-bond acceptors (Lipinski definition) is 4. The number of hydrogen-bond donors (Lipinski definition) is 1. The molecule has 3 aromatic rings. The molecule has 0 saturated heterocycles. The number of halogens is 1. The number of carbonyl (C=O) groups is 1. The summed E-state index contributed by atoms with van der Waals surface area (Å²) in [6, 6.07) is 16.1. The van der Waals surface area contributed by atoms with Crippen LogP contribution in [-0.2, 0) is 0 Å². The van der Waals surface area contributed by atoms with Crippen LogP contribution < -0.4 is 10.1 Å². The minimum atomic E-state index is -0.306. The highest BCUT2D eigenvalue weighted by atomic mass is 35.5. The van der Waals surface area contributed by atoms with Gasteiger partial charge in [0.15, 0.2) is 11.5 Å². The van der Waals surface area contributed by atoms with Gasteiger partial charge in [0.25, 0.3) is 5.91 Å². The molecule has 5 nitrogen and oxygen atoms in total. The molecule has 0 aliphatic carbocycles. The maximum absolute atomic E-state index is 12.4. The molecule has 1 N–H and O–H groups in total. The maximum Gasteiger partial charge on any atom is 0.273 e. The van der Waals surface area contributed by atoms with Crippen molar-refractivity contribution in [3.63, 3.8) is 0 Å². The number of aromatic nitrogens is 1. The third kappa shape index (κ3) is 4.00. The van der Waals surface area contributed by atoms with Gasteiger partial charge in [0.1, 0.15) is 5.75 Å². The van der Waals surface area contributed by atoms with Gasteiger partial charge in [0.2, 0.25) is 0 Å². The Morgan fingerprint density at radius 3 is 2.68 bits per heavy atom. The van der Waals surface area contributed by atoms with Crippen LogP contribution in [0.2, 0.25) is 5.02 Å². The van der Waals surface area contributed by atoms with E-state index in [2.05, 4.69) is 10.5 Å². The van der Waals surface area contributed by atoms with E-state index in [4.69, 9.17) is 20.9 Å². The molecule has 0 bridgehead atoms. The van der Waals surface area contributed by atoms with Crippen molar-refractivity contribution in [1.29, 1.82) is 0 Å². The first-order chi connectivity index (χ1) is 12.1. The summed E-state index contributed by atoms with van der Waals surface area (Å²) < 4.78 is 10.5. The average Bonchev–Trinajstić information content (AvgIpc) is 3.12. The normalized spacial score (nSPS) is 11.8. The number of nitrogens with one attached hydrogen (secondary N) is 1. The van der Waals surface area contributed by atoms with Gasteiger partial charge in [-0.1, -0.05) is 28.9 Å². The zero-order valence-electron chi connectivity index (χ0n) is 13.8. The highest BCUT2D eigenvalue weighted by Gasteiger charge is 2.17. The molecule has 0 fully saturated rings. The summed E-state index contributed by atoms with van der Waals surface area (Å²) in [6.45, 7) is 1.90. The first-order valence-electron chi connectivity index (χ1n) is 7.74. The molecule has 1 atom stereocenters. The highest BCUT2D eigenvalue weighted by molar-refractivity contribution is 6.30. The van der Waals surface area contributed by atoms with Crippen molar-refractivity contribution in [1.82, 2.24) is 10.5 Å². The van der Waals surface area contributed by atoms with Crippen LogP contribution in [0, 0.1) is 0 Å². The predicted molar refractivity (Wildman–Crippen MR) is 95.8 cm³/mol. The van der Waals surface area contributed by atoms with Gasteiger partial charge in [0, 0.05) is 16.7 Å². The number of carbonyl (C=O) groups excluding carboxylic acids is 1. The molecule has 128 valence electrons. The van der Waals surface area contributed by atoms with Gasteiger partial charge in [-0.3, -0.25) is 4.79 Å². The summed E-state index contributed by atoms with van der Waals surface area (Å²) in [7, 11) is 1.61. The van der Waals surface area contributed by atoms with Gasteiger partial charge in [0.05, 0.1) is 13.2 Å². The monoisotopic (exact) mass is 356 g/mol. The van der Waals surface area contributed by atoms with Gasteiger partial charge in [-0.2, -0.15) is 0 Å². The lowest BCUT2D eigenvalue weighted by atomic mass is 10.1. The molecule has 3 rings (SSSR count). The lowest BCUT2D eigenvalue weighted by molar-refractivity contribution is 0.0930. The van der Waals surface area contributed by atoms with Gasteiger partial charge in [-0.25, -0.2) is 0 Å². The van der Waals surface area contributed by atoms with E-state index >= 15 is 0 Å². The van der Waals surface area contributed by atoms with Crippen molar-refractivity contribution in [2.45, 2.75) is 13.0 Å². The number of rotatable bonds is 5. The van der Waals surface area contributed by atoms with Crippen LogP contribution in [0.4, 0.5) is 0 Å². The summed E-state index contributed by atoms with van der Waals surface area (Å²) in [5.41, 5.74) is 1.96. The first kappa shape index (κ1) is 17.0. The second-order valence-electron chi connectivity index (χ2n) is 5.56. The Hall–Kier alpha value is -2.79. The molecule has 2 aromatic carbocycles. The third-order valence-electron chi connectivity index (χ3n) is 3.81. The van der Waals surface area contributed by atoms with Gasteiger partial charge < -0.3 is 14.6 Å². The van der Waals surface area contributed by atoms with Crippen LogP contribution in [0.15, 0.2) is 59.1 Å². The SMILES string of the molecule is COc1cccc([C@@H](C)NC(=O)c2cc(-c3ccc(Cl)cc3)on2)c1. The fourth-order valence-corrected chi connectivity index (χ4v) is 2.52. The Bertz CT molecular complexity index is 874. The van der Waals surface area contributed by atoms with Crippen molar-refractivity contribution >= 4 is 17.5 Å².